The molecule has 1 aromatic rings. The Labute approximate surface area is 119 Å². The molecule has 1 aromatic heterocycles. The van der Waals surface area contributed by atoms with Gasteiger partial charge in [-0.2, -0.15) is 0 Å². The van der Waals surface area contributed by atoms with Gasteiger partial charge < -0.3 is 20.5 Å². The largest absolute Gasteiger partial charge is 0.394 e. The maximum Gasteiger partial charge on any atom is 0.129 e. The van der Waals surface area contributed by atoms with Gasteiger partial charge >= 0.3 is 0 Å². The molecular weight excluding hydrogens is 256 g/mol. The summed E-state index contributed by atoms with van der Waals surface area (Å²) in [4.78, 5) is 6.71. The van der Waals surface area contributed by atoms with Crippen LogP contribution >= 0.6 is 0 Å². The number of aromatic nitrogens is 1. The van der Waals surface area contributed by atoms with Crippen LogP contribution in [0.1, 0.15) is 24.1 Å². The number of nitrogens with two attached hydrogens (primary N) is 1. The first-order valence-electron chi connectivity index (χ1n) is 6.90. The Balaban J connectivity index is 2.01. The van der Waals surface area contributed by atoms with Crippen LogP contribution in [0.2, 0.25) is 0 Å². The zero-order valence-corrected chi connectivity index (χ0v) is 11.8. The van der Waals surface area contributed by atoms with Crippen LogP contribution in [0.3, 0.4) is 0 Å². The van der Waals surface area contributed by atoms with Gasteiger partial charge in [-0.1, -0.05) is 0 Å². The maximum atomic E-state index is 8.76. The maximum absolute atomic E-state index is 8.76. The molecule has 4 N–H and O–H groups in total. The first kappa shape index (κ1) is 14.7. The third kappa shape index (κ3) is 3.68. The van der Waals surface area contributed by atoms with Gasteiger partial charge in [0.25, 0.3) is 0 Å². The molecule has 0 spiro atoms. The van der Waals surface area contributed by atoms with Crippen LogP contribution in [0.5, 0.6) is 0 Å². The molecule has 1 fully saturated rings. The monoisotopic (exact) mass is 278 g/mol. The molecule has 6 nitrogen and oxygen atoms in total. The van der Waals surface area contributed by atoms with E-state index in [1.165, 1.54) is 0 Å². The number of rotatable bonds is 5. The van der Waals surface area contributed by atoms with Crippen molar-refractivity contribution in [3.05, 3.63) is 23.4 Å². The molecule has 0 amide bonds. The van der Waals surface area contributed by atoms with Gasteiger partial charge in [0.2, 0.25) is 0 Å². The lowest BCUT2D eigenvalue weighted by Crippen LogP contribution is -2.38. The highest BCUT2D eigenvalue weighted by Gasteiger charge is 2.21. The van der Waals surface area contributed by atoms with Crippen molar-refractivity contribution in [3.63, 3.8) is 0 Å². The second-order valence-corrected chi connectivity index (χ2v) is 5.05. The van der Waals surface area contributed by atoms with Crippen molar-refractivity contribution in [2.24, 2.45) is 5.73 Å². The van der Waals surface area contributed by atoms with Gasteiger partial charge in [-0.25, -0.2) is 4.98 Å². The summed E-state index contributed by atoms with van der Waals surface area (Å²) in [7, 11) is 0. The summed E-state index contributed by atoms with van der Waals surface area (Å²) in [6.07, 6.45) is 2.06. The molecule has 1 saturated heterocycles. The average molecular weight is 278 g/mol. The fourth-order valence-corrected chi connectivity index (χ4v) is 2.44. The molecule has 0 saturated carbocycles. The fraction of sp³-hybridized carbons (Fsp3) is 0.571. The van der Waals surface area contributed by atoms with Crippen LogP contribution < -0.4 is 10.6 Å². The lowest BCUT2D eigenvalue weighted by Gasteiger charge is -2.33. The summed E-state index contributed by atoms with van der Waals surface area (Å²) in [5, 5.41) is 16.3. The van der Waals surface area contributed by atoms with Crippen molar-refractivity contribution >= 4 is 11.7 Å². The normalized spacial score (nSPS) is 16.4. The smallest absolute Gasteiger partial charge is 0.129 e. The third-order valence-electron chi connectivity index (χ3n) is 3.46. The Morgan fingerprint density at radius 2 is 2.20 bits per heavy atom. The van der Waals surface area contributed by atoms with Gasteiger partial charge in [0.05, 0.1) is 19.3 Å². The van der Waals surface area contributed by atoms with Gasteiger partial charge in [0.1, 0.15) is 11.7 Å². The number of aliphatic hydroxyl groups excluding tert-OH is 1. The van der Waals surface area contributed by atoms with Crippen LogP contribution in [-0.2, 0) is 4.74 Å². The van der Waals surface area contributed by atoms with Crippen LogP contribution in [0.15, 0.2) is 12.1 Å². The number of ether oxygens (including phenoxy) is 1. The highest BCUT2D eigenvalue weighted by atomic mass is 16.5. The fourth-order valence-electron chi connectivity index (χ4n) is 2.44. The zero-order valence-electron chi connectivity index (χ0n) is 11.8. The number of nitrogen functional groups attached to an aromatic ring is 1. The highest BCUT2D eigenvalue weighted by Crippen LogP contribution is 2.21. The minimum absolute atomic E-state index is 0.0675. The predicted molar refractivity (Wildman–Crippen MR) is 78.3 cm³/mol. The SMILES string of the molecule is Cc1cc(C(=N)N)cc(N2CCC(OCCO)CC2)n1. The molecule has 110 valence electrons. The number of nitrogens with one attached hydrogen (secondary N) is 1. The molecule has 0 unspecified atom stereocenters. The Morgan fingerprint density at radius 3 is 2.80 bits per heavy atom. The van der Waals surface area contributed by atoms with Crippen molar-refractivity contribution in [2.75, 3.05) is 31.2 Å². The molecule has 6 heteroatoms. The van der Waals surface area contributed by atoms with E-state index in [2.05, 4.69) is 9.88 Å². The molecule has 2 rings (SSSR count). The number of piperidine rings is 1. The van der Waals surface area contributed by atoms with Crippen LogP contribution in [-0.4, -0.2) is 48.3 Å². The van der Waals surface area contributed by atoms with E-state index in [1.807, 2.05) is 19.1 Å². The number of aryl methyl sites for hydroxylation is 1. The molecule has 1 aliphatic heterocycles. The molecule has 0 aliphatic carbocycles. The van der Waals surface area contributed by atoms with E-state index < -0.39 is 0 Å². The molecule has 0 atom stereocenters. The van der Waals surface area contributed by atoms with Gasteiger partial charge in [-0.3, -0.25) is 5.41 Å². The third-order valence-corrected chi connectivity index (χ3v) is 3.46. The molecule has 0 bridgehead atoms. The first-order chi connectivity index (χ1) is 9.60. The molecule has 20 heavy (non-hydrogen) atoms. The lowest BCUT2D eigenvalue weighted by molar-refractivity contribution is 0.0158. The standard InChI is InChI=1S/C14H22N4O2/c1-10-8-11(14(15)16)9-13(17-10)18-4-2-12(3-5-18)20-7-6-19/h8-9,12,19H,2-7H2,1H3,(H3,15,16). The number of anilines is 1. The summed E-state index contributed by atoms with van der Waals surface area (Å²) >= 11 is 0. The second kappa shape index (κ2) is 6.67. The number of amidine groups is 1. The zero-order chi connectivity index (χ0) is 14.5. The minimum Gasteiger partial charge on any atom is -0.394 e. The summed E-state index contributed by atoms with van der Waals surface area (Å²) in [6.45, 7) is 4.12. The molecule has 1 aliphatic rings. The molecule has 0 aromatic carbocycles. The van der Waals surface area contributed by atoms with Gasteiger partial charge in [-0.15, -0.1) is 0 Å². The van der Waals surface area contributed by atoms with E-state index in [9.17, 15) is 0 Å². The number of hydrogen-bond donors (Lipinski definition) is 3. The quantitative estimate of drug-likeness (QED) is 0.543. The highest BCUT2D eigenvalue weighted by molar-refractivity contribution is 5.95. The number of aliphatic hydroxyl groups is 1. The van der Waals surface area contributed by atoms with Crippen molar-refractivity contribution < 1.29 is 9.84 Å². The van der Waals surface area contributed by atoms with E-state index in [0.29, 0.717) is 12.2 Å². The number of hydrogen-bond acceptors (Lipinski definition) is 5. The van der Waals surface area contributed by atoms with Crippen LogP contribution in [0, 0.1) is 12.3 Å². The Morgan fingerprint density at radius 1 is 1.50 bits per heavy atom. The van der Waals surface area contributed by atoms with E-state index in [-0.39, 0.29) is 18.5 Å². The van der Waals surface area contributed by atoms with Crippen LogP contribution in [0.4, 0.5) is 5.82 Å². The average Bonchev–Trinajstić information content (AvgIpc) is 2.45. The van der Waals surface area contributed by atoms with Gasteiger partial charge in [0.15, 0.2) is 0 Å². The van der Waals surface area contributed by atoms with Crippen LogP contribution in [0.25, 0.3) is 0 Å². The first-order valence-corrected chi connectivity index (χ1v) is 6.90. The second-order valence-electron chi connectivity index (χ2n) is 5.05. The number of pyridine rings is 1. The molecule has 0 radical (unpaired) electrons. The molecular formula is C14H22N4O2. The van der Waals surface area contributed by atoms with Gasteiger partial charge in [-0.05, 0) is 31.9 Å². The Hall–Kier alpha value is -1.66. The van der Waals surface area contributed by atoms with Crippen molar-refractivity contribution in [2.45, 2.75) is 25.9 Å². The van der Waals surface area contributed by atoms with Crippen molar-refractivity contribution in [3.8, 4) is 0 Å². The summed E-state index contributed by atoms with van der Waals surface area (Å²) in [5.74, 6) is 0.939. The Kier molecular flexibility index (Phi) is 4.92. The van der Waals surface area contributed by atoms with Gasteiger partial charge in [0, 0.05) is 24.3 Å². The summed E-state index contributed by atoms with van der Waals surface area (Å²) in [5.41, 5.74) is 7.13. The summed E-state index contributed by atoms with van der Waals surface area (Å²) < 4.78 is 5.55. The van der Waals surface area contributed by atoms with E-state index in [4.69, 9.17) is 21.0 Å². The number of nitrogens with zero attached hydrogens (tertiary/aromatic N) is 2. The van der Waals surface area contributed by atoms with E-state index in [0.717, 1.165) is 37.4 Å². The Bertz CT molecular complexity index is 470. The summed E-state index contributed by atoms with van der Waals surface area (Å²) in [6, 6.07) is 3.69. The van der Waals surface area contributed by atoms with E-state index in [1.54, 1.807) is 0 Å². The minimum atomic E-state index is 0.0675. The molecule has 2 heterocycles. The van der Waals surface area contributed by atoms with Crippen molar-refractivity contribution in [1.29, 1.82) is 5.41 Å². The predicted octanol–water partition coefficient (Wildman–Crippen LogP) is 0.652. The van der Waals surface area contributed by atoms with Crippen molar-refractivity contribution in [1.82, 2.24) is 4.98 Å². The lowest BCUT2D eigenvalue weighted by atomic mass is 10.1. The topological polar surface area (TPSA) is 95.5 Å². The van der Waals surface area contributed by atoms with E-state index >= 15 is 0 Å².